The molecule has 3 saturated heterocycles. The van der Waals surface area contributed by atoms with Crippen LogP contribution in [0.25, 0.3) is 0 Å². The van der Waals surface area contributed by atoms with Crippen LogP contribution in [0.5, 0.6) is 0 Å². The van der Waals surface area contributed by atoms with Gasteiger partial charge in [0.25, 0.3) is 0 Å². The van der Waals surface area contributed by atoms with Crippen molar-refractivity contribution in [1.29, 1.82) is 0 Å². The van der Waals surface area contributed by atoms with Gasteiger partial charge in [0.2, 0.25) is 5.91 Å². The average molecular weight is 733 g/mol. The summed E-state index contributed by atoms with van der Waals surface area (Å²) in [6.45, 7) is 5.98. The second-order valence-corrected chi connectivity index (χ2v) is 13.9. The van der Waals surface area contributed by atoms with Crippen molar-refractivity contribution in [2.75, 3.05) is 50.3 Å². The Morgan fingerprint density at radius 2 is 1.45 bits per heavy atom. The van der Waals surface area contributed by atoms with Gasteiger partial charge >= 0.3 is 6.03 Å². The van der Waals surface area contributed by atoms with Gasteiger partial charge in [-0.2, -0.15) is 0 Å². The van der Waals surface area contributed by atoms with E-state index in [4.69, 9.17) is 5.73 Å². The largest absolute Gasteiger partial charge is 0.397 e. The molecule has 3 amide bonds. The zero-order valence-corrected chi connectivity index (χ0v) is 28.5. The zero-order valence-electron chi connectivity index (χ0n) is 25.3. The topological polar surface area (TPSA) is 111 Å². The molecule has 3 fully saturated rings. The molecule has 11 heteroatoms. The Hall–Kier alpha value is -2.47. The fourth-order valence-electron chi connectivity index (χ4n) is 6.56. The van der Waals surface area contributed by atoms with Gasteiger partial charge < -0.3 is 31.1 Å². The number of rotatable bonds is 9. The van der Waals surface area contributed by atoms with E-state index in [9.17, 15) is 14.4 Å². The van der Waals surface area contributed by atoms with Crippen LogP contribution in [0.3, 0.4) is 0 Å². The predicted octanol–water partition coefficient (Wildman–Crippen LogP) is 6.02. The predicted molar refractivity (Wildman–Crippen MR) is 182 cm³/mol. The second kappa shape index (κ2) is 15.7. The summed E-state index contributed by atoms with van der Waals surface area (Å²) in [5.74, 6) is -0.0672. The lowest BCUT2D eigenvalue weighted by atomic mass is 10.00. The Kier molecular flexibility index (Phi) is 11.7. The van der Waals surface area contributed by atoms with Crippen molar-refractivity contribution in [3.05, 3.63) is 56.5 Å². The molecule has 0 radical (unpaired) electrons. The molecule has 3 aliphatic rings. The highest BCUT2D eigenvalue weighted by Crippen LogP contribution is 2.30. The molecule has 5 rings (SSSR count). The molecule has 238 valence electrons. The van der Waals surface area contributed by atoms with E-state index in [1.54, 1.807) is 12.1 Å². The lowest BCUT2D eigenvalue weighted by Gasteiger charge is -2.40. The van der Waals surface area contributed by atoms with Gasteiger partial charge in [-0.25, -0.2) is 4.79 Å². The summed E-state index contributed by atoms with van der Waals surface area (Å²) >= 11 is 6.75. The van der Waals surface area contributed by atoms with Crippen LogP contribution in [-0.2, 0) is 11.3 Å². The number of hydrogen-bond acceptors (Lipinski definition) is 6. The summed E-state index contributed by atoms with van der Waals surface area (Å²) in [4.78, 5) is 45.1. The van der Waals surface area contributed by atoms with E-state index in [-0.39, 0.29) is 36.6 Å². The first kappa shape index (κ1) is 32.9. The molecule has 0 unspecified atom stereocenters. The van der Waals surface area contributed by atoms with E-state index in [0.717, 1.165) is 50.0 Å². The monoisotopic (exact) mass is 730 g/mol. The van der Waals surface area contributed by atoms with Crippen molar-refractivity contribution in [3.63, 3.8) is 0 Å². The molecule has 0 aromatic heterocycles. The van der Waals surface area contributed by atoms with E-state index in [2.05, 4.69) is 53.5 Å². The SMILES string of the molecule is Nc1c(Br)cc(C(=O)CCC(=O)N2CCC(NCc3ccccc3NC(=O)N3CCC(N4CCCCC4)CC3)CC2)cc1Br. The van der Waals surface area contributed by atoms with E-state index in [0.29, 0.717) is 45.9 Å². The first-order valence-corrected chi connectivity index (χ1v) is 17.5. The summed E-state index contributed by atoms with van der Waals surface area (Å²) in [7, 11) is 0. The number of hydrogen-bond donors (Lipinski definition) is 3. The van der Waals surface area contributed by atoms with Gasteiger partial charge in [-0.3, -0.25) is 9.59 Å². The number of Topliss-reactive ketones (excluding diaryl/α,β-unsaturated/α-hetero) is 1. The van der Waals surface area contributed by atoms with Gasteiger partial charge in [-0.15, -0.1) is 0 Å². The van der Waals surface area contributed by atoms with Gasteiger partial charge in [-0.1, -0.05) is 24.6 Å². The van der Waals surface area contributed by atoms with E-state index >= 15 is 0 Å². The lowest BCUT2D eigenvalue weighted by molar-refractivity contribution is -0.132. The second-order valence-electron chi connectivity index (χ2n) is 12.2. The average Bonchev–Trinajstić information content (AvgIpc) is 3.06. The molecule has 9 nitrogen and oxygen atoms in total. The Labute approximate surface area is 277 Å². The summed E-state index contributed by atoms with van der Waals surface area (Å²) < 4.78 is 1.31. The van der Waals surface area contributed by atoms with Crippen LogP contribution in [0.15, 0.2) is 45.3 Å². The Balaban J connectivity index is 1.03. The van der Waals surface area contributed by atoms with E-state index in [1.807, 2.05) is 28.0 Å². The molecule has 0 aliphatic carbocycles. The van der Waals surface area contributed by atoms with Gasteiger partial charge in [0.15, 0.2) is 5.78 Å². The zero-order chi connectivity index (χ0) is 31.1. The molecule has 0 spiro atoms. The number of piperidine rings is 3. The number of halogens is 2. The smallest absolute Gasteiger partial charge is 0.321 e. The van der Waals surface area contributed by atoms with E-state index < -0.39 is 0 Å². The van der Waals surface area contributed by atoms with Gasteiger partial charge in [-0.05, 0) is 107 Å². The molecular weight excluding hydrogens is 688 g/mol. The molecule has 44 heavy (non-hydrogen) atoms. The van der Waals surface area contributed by atoms with Crippen LogP contribution >= 0.6 is 31.9 Å². The Morgan fingerprint density at radius 1 is 0.818 bits per heavy atom. The van der Waals surface area contributed by atoms with Gasteiger partial charge in [0.1, 0.15) is 0 Å². The number of nitrogens with zero attached hydrogens (tertiary/aromatic N) is 3. The van der Waals surface area contributed by atoms with Crippen molar-refractivity contribution < 1.29 is 14.4 Å². The maximum absolute atomic E-state index is 13.1. The third kappa shape index (κ3) is 8.62. The summed E-state index contributed by atoms with van der Waals surface area (Å²) in [6, 6.07) is 12.3. The minimum atomic E-state index is -0.0796. The fourth-order valence-corrected chi connectivity index (χ4v) is 7.75. The van der Waals surface area contributed by atoms with Crippen LogP contribution in [0.4, 0.5) is 16.2 Å². The molecule has 3 heterocycles. The molecule has 0 bridgehead atoms. The van der Waals surface area contributed by atoms with Crippen molar-refractivity contribution in [2.24, 2.45) is 0 Å². The number of nitrogens with two attached hydrogens (primary N) is 1. The van der Waals surface area contributed by atoms with Crippen molar-refractivity contribution in [2.45, 2.75) is 76.4 Å². The first-order valence-electron chi connectivity index (χ1n) is 15.9. The minimum Gasteiger partial charge on any atom is -0.397 e. The number of likely N-dealkylation sites (tertiary alicyclic amines) is 3. The normalized spacial score (nSPS) is 18.8. The molecular formula is C33H44Br2N6O3. The van der Waals surface area contributed by atoms with Crippen molar-refractivity contribution in [3.8, 4) is 0 Å². The third-order valence-corrected chi connectivity index (χ3v) is 10.6. The lowest BCUT2D eigenvalue weighted by Crippen LogP contribution is -2.49. The third-order valence-electron chi connectivity index (χ3n) is 9.31. The number of anilines is 2. The number of benzene rings is 2. The highest BCUT2D eigenvalue weighted by molar-refractivity contribution is 9.11. The summed E-state index contributed by atoms with van der Waals surface area (Å²) in [6.07, 6.45) is 8.09. The number of amides is 3. The molecule has 0 saturated carbocycles. The van der Waals surface area contributed by atoms with Gasteiger partial charge in [0, 0.05) is 77.8 Å². The highest BCUT2D eigenvalue weighted by Gasteiger charge is 2.28. The highest BCUT2D eigenvalue weighted by atomic mass is 79.9. The van der Waals surface area contributed by atoms with Crippen LogP contribution in [0, 0.1) is 0 Å². The van der Waals surface area contributed by atoms with Crippen molar-refractivity contribution in [1.82, 2.24) is 20.0 Å². The van der Waals surface area contributed by atoms with Crippen LogP contribution in [0.1, 0.15) is 73.7 Å². The molecule has 2 aromatic rings. The standard InChI is InChI=1S/C33H44Br2N6O3/c34-27-20-24(21-28(35)32(27)36)30(42)8-9-31(43)40-16-10-25(11-17-40)37-22-23-6-2-3-7-29(23)38-33(44)41-18-12-26(13-19-41)39-14-4-1-5-15-39/h2-3,6-7,20-21,25-26,37H,1,4-5,8-19,22,36H2,(H,38,44). The number of carbonyl (C=O) groups is 3. The number of urea groups is 1. The number of para-hydroxylation sites is 1. The number of nitrogen functional groups attached to an aromatic ring is 1. The Bertz CT molecular complexity index is 1300. The van der Waals surface area contributed by atoms with E-state index in [1.165, 1.54) is 32.4 Å². The minimum absolute atomic E-state index is 0.0124. The van der Waals surface area contributed by atoms with Gasteiger partial charge in [0.05, 0.1) is 5.69 Å². The molecule has 3 aliphatic heterocycles. The number of nitrogens with one attached hydrogen (secondary N) is 2. The van der Waals surface area contributed by atoms with Crippen LogP contribution in [0.2, 0.25) is 0 Å². The maximum Gasteiger partial charge on any atom is 0.321 e. The van der Waals surface area contributed by atoms with Crippen LogP contribution in [-0.4, -0.2) is 83.8 Å². The fraction of sp³-hybridized carbons (Fsp3) is 0.545. The summed E-state index contributed by atoms with van der Waals surface area (Å²) in [5, 5.41) is 6.81. The molecule has 2 aromatic carbocycles. The maximum atomic E-state index is 13.1. The van der Waals surface area contributed by atoms with Crippen molar-refractivity contribution >= 4 is 61.0 Å². The molecule has 4 N–H and O–H groups in total. The number of carbonyl (C=O) groups excluding carboxylic acids is 3. The molecule has 0 atom stereocenters. The number of ketones is 1. The quantitative estimate of drug-likeness (QED) is 0.215. The Morgan fingerprint density at radius 3 is 2.14 bits per heavy atom. The van der Waals surface area contributed by atoms with Crippen LogP contribution < -0.4 is 16.4 Å². The first-order chi connectivity index (χ1) is 21.3. The summed E-state index contributed by atoms with van der Waals surface area (Å²) in [5.41, 5.74) is 8.90.